The van der Waals surface area contributed by atoms with Crippen LogP contribution in [0.1, 0.15) is 41.7 Å². The van der Waals surface area contributed by atoms with Crippen LogP contribution in [0.3, 0.4) is 0 Å². The SMILES string of the molecule is CSC1CCCC(NC(=O)c2ccc(/C(N)=N/O)cn2)C1. The van der Waals surface area contributed by atoms with Gasteiger partial charge < -0.3 is 16.3 Å². The van der Waals surface area contributed by atoms with E-state index in [4.69, 9.17) is 10.9 Å². The van der Waals surface area contributed by atoms with Crippen LogP contribution in [-0.2, 0) is 0 Å². The van der Waals surface area contributed by atoms with Crippen molar-refractivity contribution in [3.63, 3.8) is 0 Å². The van der Waals surface area contributed by atoms with Crippen LogP contribution in [0.5, 0.6) is 0 Å². The molecule has 1 heterocycles. The molecule has 1 aromatic rings. The number of hydrogen-bond donors (Lipinski definition) is 3. The molecule has 2 rings (SSSR count). The summed E-state index contributed by atoms with van der Waals surface area (Å²) < 4.78 is 0. The minimum Gasteiger partial charge on any atom is -0.409 e. The zero-order valence-electron chi connectivity index (χ0n) is 12.0. The van der Waals surface area contributed by atoms with Gasteiger partial charge in [0.1, 0.15) is 5.69 Å². The highest BCUT2D eigenvalue weighted by Crippen LogP contribution is 2.26. The third-order valence-electron chi connectivity index (χ3n) is 3.69. The van der Waals surface area contributed by atoms with E-state index >= 15 is 0 Å². The van der Waals surface area contributed by atoms with Crippen LogP contribution in [-0.4, -0.2) is 39.5 Å². The van der Waals surface area contributed by atoms with Crippen LogP contribution in [0.25, 0.3) is 0 Å². The molecule has 0 saturated heterocycles. The first-order chi connectivity index (χ1) is 10.1. The molecule has 114 valence electrons. The Morgan fingerprint density at radius 1 is 1.52 bits per heavy atom. The molecule has 1 fully saturated rings. The molecule has 0 aromatic carbocycles. The van der Waals surface area contributed by atoms with Gasteiger partial charge in [-0.15, -0.1) is 0 Å². The average molecular weight is 308 g/mol. The Morgan fingerprint density at radius 3 is 2.95 bits per heavy atom. The molecule has 0 bridgehead atoms. The van der Waals surface area contributed by atoms with Gasteiger partial charge in [-0.05, 0) is 37.7 Å². The van der Waals surface area contributed by atoms with E-state index in [1.54, 1.807) is 12.1 Å². The average Bonchev–Trinajstić information content (AvgIpc) is 2.54. The molecule has 1 saturated carbocycles. The second-order valence-corrected chi connectivity index (χ2v) is 6.25. The van der Waals surface area contributed by atoms with Crippen molar-refractivity contribution in [1.82, 2.24) is 10.3 Å². The van der Waals surface area contributed by atoms with Gasteiger partial charge in [-0.3, -0.25) is 9.78 Å². The number of amidine groups is 1. The Hall–Kier alpha value is -1.76. The van der Waals surface area contributed by atoms with E-state index in [2.05, 4.69) is 21.7 Å². The zero-order valence-corrected chi connectivity index (χ0v) is 12.8. The molecule has 1 amide bonds. The van der Waals surface area contributed by atoms with Crippen molar-refractivity contribution in [2.45, 2.75) is 37.0 Å². The summed E-state index contributed by atoms with van der Waals surface area (Å²) in [7, 11) is 0. The quantitative estimate of drug-likeness (QED) is 0.339. The van der Waals surface area contributed by atoms with Crippen LogP contribution < -0.4 is 11.1 Å². The maximum atomic E-state index is 12.2. The highest BCUT2D eigenvalue weighted by atomic mass is 32.2. The fourth-order valence-corrected chi connectivity index (χ4v) is 3.31. The van der Waals surface area contributed by atoms with Crippen LogP contribution in [0, 0.1) is 0 Å². The molecule has 4 N–H and O–H groups in total. The molecule has 2 unspecified atom stereocenters. The first-order valence-corrected chi connectivity index (χ1v) is 8.20. The number of aromatic nitrogens is 1. The highest BCUT2D eigenvalue weighted by Gasteiger charge is 2.23. The topological polar surface area (TPSA) is 101 Å². The fourth-order valence-electron chi connectivity index (χ4n) is 2.49. The van der Waals surface area contributed by atoms with Crippen molar-refractivity contribution >= 4 is 23.5 Å². The molecule has 0 radical (unpaired) electrons. The molecule has 21 heavy (non-hydrogen) atoms. The molecule has 2 atom stereocenters. The fraction of sp³-hybridized carbons (Fsp3) is 0.500. The minimum atomic E-state index is -0.173. The zero-order chi connectivity index (χ0) is 15.2. The van der Waals surface area contributed by atoms with Crippen molar-refractivity contribution < 1.29 is 10.0 Å². The van der Waals surface area contributed by atoms with E-state index in [1.165, 1.54) is 12.6 Å². The number of pyridine rings is 1. The van der Waals surface area contributed by atoms with Gasteiger partial charge in [-0.1, -0.05) is 11.6 Å². The summed E-state index contributed by atoms with van der Waals surface area (Å²) in [6, 6.07) is 3.41. The van der Waals surface area contributed by atoms with Crippen molar-refractivity contribution in [2.24, 2.45) is 10.9 Å². The lowest BCUT2D eigenvalue weighted by Gasteiger charge is -2.28. The first-order valence-electron chi connectivity index (χ1n) is 6.91. The lowest BCUT2D eigenvalue weighted by molar-refractivity contribution is 0.0923. The van der Waals surface area contributed by atoms with E-state index in [0.29, 0.717) is 16.5 Å². The number of nitrogens with one attached hydrogen (secondary N) is 1. The Labute approximate surface area is 128 Å². The highest BCUT2D eigenvalue weighted by molar-refractivity contribution is 7.99. The number of hydrogen-bond acceptors (Lipinski definition) is 5. The number of carbonyl (C=O) groups is 1. The summed E-state index contributed by atoms with van der Waals surface area (Å²) >= 11 is 1.86. The number of thioether (sulfide) groups is 1. The summed E-state index contributed by atoms with van der Waals surface area (Å²) in [5.74, 6) is -0.197. The Bertz CT molecular complexity index is 518. The molecule has 1 aliphatic rings. The largest absolute Gasteiger partial charge is 0.409 e. The monoisotopic (exact) mass is 308 g/mol. The second kappa shape index (κ2) is 7.31. The first kappa shape index (κ1) is 15.6. The van der Waals surface area contributed by atoms with Crippen LogP contribution in [0.15, 0.2) is 23.5 Å². The van der Waals surface area contributed by atoms with E-state index < -0.39 is 0 Å². The lowest BCUT2D eigenvalue weighted by Crippen LogP contribution is -2.39. The molecular formula is C14H20N4O2S. The van der Waals surface area contributed by atoms with Gasteiger partial charge in [0.15, 0.2) is 5.84 Å². The molecule has 6 nitrogen and oxygen atoms in total. The molecule has 0 spiro atoms. The molecule has 0 aliphatic heterocycles. The van der Waals surface area contributed by atoms with Crippen LogP contribution >= 0.6 is 11.8 Å². The molecule has 1 aromatic heterocycles. The second-order valence-electron chi connectivity index (χ2n) is 5.11. The summed E-state index contributed by atoms with van der Waals surface area (Å²) in [4.78, 5) is 16.2. The smallest absolute Gasteiger partial charge is 0.270 e. The molecule has 7 heteroatoms. The van der Waals surface area contributed by atoms with Gasteiger partial charge in [0.05, 0.1) is 0 Å². The van der Waals surface area contributed by atoms with E-state index in [1.807, 2.05) is 11.8 Å². The van der Waals surface area contributed by atoms with E-state index in [0.717, 1.165) is 19.3 Å². The number of amides is 1. The van der Waals surface area contributed by atoms with Gasteiger partial charge in [0.2, 0.25) is 0 Å². The third-order valence-corrected chi connectivity index (χ3v) is 4.79. The maximum Gasteiger partial charge on any atom is 0.270 e. The summed E-state index contributed by atoms with van der Waals surface area (Å²) in [5, 5.41) is 15.1. The minimum absolute atomic E-state index is 0.0236. The number of oxime groups is 1. The summed E-state index contributed by atoms with van der Waals surface area (Å²) in [6.07, 6.45) is 7.94. The van der Waals surface area contributed by atoms with Crippen LogP contribution in [0.2, 0.25) is 0 Å². The number of nitrogens with two attached hydrogens (primary N) is 1. The molecule has 1 aliphatic carbocycles. The van der Waals surface area contributed by atoms with Gasteiger partial charge in [0.25, 0.3) is 5.91 Å². The van der Waals surface area contributed by atoms with Crippen molar-refractivity contribution in [3.8, 4) is 0 Å². The standard InChI is InChI=1S/C14H20N4O2S/c1-21-11-4-2-3-10(7-11)17-14(19)12-6-5-9(8-16-12)13(15)18-20/h5-6,8,10-11,20H,2-4,7H2,1H3,(H2,15,18)(H,17,19). The Kier molecular flexibility index (Phi) is 5.44. The van der Waals surface area contributed by atoms with Gasteiger partial charge in [-0.25, -0.2) is 0 Å². The van der Waals surface area contributed by atoms with E-state index in [9.17, 15) is 4.79 Å². The van der Waals surface area contributed by atoms with Gasteiger partial charge >= 0.3 is 0 Å². The normalized spacial score (nSPS) is 22.8. The molecular weight excluding hydrogens is 288 g/mol. The van der Waals surface area contributed by atoms with Gasteiger partial charge in [0, 0.05) is 23.1 Å². The predicted molar refractivity (Wildman–Crippen MR) is 83.8 cm³/mol. The van der Waals surface area contributed by atoms with Crippen LogP contribution in [0.4, 0.5) is 0 Å². The van der Waals surface area contributed by atoms with Crippen molar-refractivity contribution in [1.29, 1.82) is 0 Å². The maximum absolute atomic E-state index is 12.2. The lowest BCUT2D eigenvalue weighted by atomic mass is 9.95. The number of carbonyl (C=O) groups excluding carboxylic acids is 1. The Morgan fingerprint density at radius 2 is 2.33 bits per heavy atom. The van der Waals surface area contributed by atoms with Gasteiger partial charge in [-0.2, -0.15) is 11.8 Å². The third kappa shape index (κ3) is 4.10. The number of nitrogens with zero attached hydrogens (tertiary/aromatic N) is 2. The van der Waals surface area contributed by atoms with Crippen molar-refractivity contribution in [3.05, 3.63) is 29.6 Å². The van der Waals surface area contributed by atoms with E-state index in [-0.39, 0.29) is 17.8 Å². The van der Waals surface area contributed by atoms with Crippen molar-refractivity contribution in [2.75, 3.05) is 6.26 Å². The predicted octanol–water partition coefficient (Wildman–Crippen LogP) is 1.58. The number of rotatable bonds is 4. The summed E-state index contributed by atoms with van der Waals surface area (Å²) in [5.41, 5.74) is 6.28. The Balaban J connectivity index is 1.97. The summed E-state index contributed by atoms with van der Waals surface area (Å²) in [6.45, 7) is 0.